The number of halogens is 1. The zero-order valence-electron chi connectivity index (χ0n) is 15.6. The van der Waals surface area contributed by atoms with E-state index in [-0.39, 0.29) is 5.91 Å². The van der Waals surface area contributed by atoms with E-state index in [0.29, 0.717) is 30.4 Å². The number of piperazine rings is 1. The van der Waals surface area contributed by atoms with Crippen LogP contribution in [0.25, 0.3) is 0 Å². The van der Waals surface area contributed by atoms with Crippen LogP contribution < -0.4 is 4.74 Å². The monoisotopic (exact) mass is 408 g/mol. The van der Waals surface area contributed by atoms with Gasteiger partial charge in [0.1, 0.15) is 11.9 Å². The molecule has 0 saturated carbocycles. The predicted octanol–water partition coefficient (Wildman–Crippen LogP) is 3.44. The van der Waals surface area contributed by atoms with Crippen LogP contribution in [-0.4, -0.2) is 59.1 Å². The minimum absolute atomic E-state index is 0.0316. The SMILES string of the molecule is CC(C)(Oc1ccc(Cl)cc1)C(=O)N1CCN(C[C@H](O)c2cccs2)CC1. The van der Waals surface area contributed by atoms with Crippen molar-refractivity contribution >= 4 is 28.8 Å². The molecule has 3 rings (SSSR count). The molecule has 7 heteroatoms. The summed E-state index contributed by atoms with van der Waals surface area (Å²) in [6.07, 6.45) is -0.475. The van der Waals surface area contributed by atoms with E-state index in [2.05, 4.69) is 4.90 Å². The molecule has 1 atom stereocenters. The van der Waals surface area contributed by atoms with Crippen LogP contribution in [0.5, 0.6) is 5.75 Å². The van der Waals surface area contributed by atoms with Crippen LogP contribution in [0.3, 0.4) is 0 Å². The molecule has 2 heterocycles. The van der Waals surface area contributed by atoms with Crippen molar-refractivity contribution in [3.05, 3.63) is 51.7 Å². The van der Waals surface area contributed by atoms with Crippen LogP contribution in [-0.2, 0) is 4.79 Å². The molecule has 1 fully saturated rings. The fourth-order valence-corrected chi connectivity index (χ4v) is 4.00. The van der Waals surface area contributed by atoms with E-state index < -0.39 is 11.7 Å². The van der Waals surface area contributed by atoms with Crippen LogP contribution in [0.15, 0.2) is 41.8 Å². The first-order valence-corrected chi connectivity index (χ1v) is 10.3. The van der Waals surface area contributed by atoms with Crippen LogP contribution in [0, 0.1) is 0 Å². The van der Waals surface area contributed by atoms with E-state index >= 15 is 0 Å². The van der Waals surface area contributed by atoms with Gasteiger partial charge in [-0.1, -0.05) is 17.7 Å². The van der Waals surface area contributed by atoms with E-state index in [1.165, 1.54) is 0 Å². The van der Waals surface area contributed by atoms with Crippen molar-refractivity contribution in [1.82, 2.24) is 9.80 Å². The second kappa shape index (κ2) is 8.61. The highest BCUT2D eigenvalue weighted by atomic mass is 35.5. The normalized spacial score (nSPS) is 17.0. The van der Waals surface area contributed by atoms with Crippen molar-refractivity contribution in [3.63, 3.8) is 0 Å². The number of carbonyl (C=O) groups is 1. The minimum Gasteiger partial charge on any atom is -0.478 e. The summed E-state index contributed by atoms with van der Waals surface area (Å²) in [6.45, 7) is 6.91. The molecular formula is C20H25ClN2O3S. The van der Waals surface area contributed by atoms with Gasteiger partial charge in [-0.15, -0.1) is 11.3 Å². The highest BCUT2D eigenvalue weighted by molar-refractivity contribution is 7.10. The largest absolute Gasteiger partial charge is 0.478 e. The maximum atomic E-state index is 12.9. The summed E-state index contributed by atoms with van der Waals surface area (Å²) in [4.78, 5) is 17.9. The number of benzene rings is 1. The first-order valence-electron chi connectivity index (χ1n) is 9.03. The fraction of sp³-hybridized carbons (Fsp3) is 0.450. The third-order valence-electron chi connectivity index (χ3n) is 4.66. The van der Waals surface area contributed by atoms with E-state index in [9.17, 15) is 9.90 Å². The van der Waals surface area contributed by atoms with E-state index in [0.717, 1.165) is 18.0 Å². The van der Waals surface area contributed by atoms with Crippen LogP contribution in [0.2, 0.25) is 5.02 Å². The average Bonchev–Trinajstić information content (AvgIpc) is 3.18. The van der Waals surface area contributed by atoms with E-state index in [1.54, 1.807) is 49.4 Å². The molecule has 0 unspecified atom stereocenters. The topological polar surface area (TPSA) is 53.0 Å². The molecule has 1 aromatic carbocycles. The fourth-order valence-electron chi connectivity index (χ4n) is 3.17. The number of thiophene rings is 1. The van der Waals surface area contributed by atoms with Crippen molar-refractivity contribution in [1.29, 1.82) is 0 Å². The van der Waals surface area contributed by atoms with Crippen molar-refractivity contribution in [2.45, 2.75) is 25.6 Å². The zero-order valence-corrected chi connectivity index (χ0v) is 17.2. The molecule has 0 spiro atoms. The molecule has 1 saturated heterocycles. The molecule has 146 valence electrons. The quantitative estimate of drug-likeness (QED) is 0.795. The standard InChI is InChI=1S/C20H25ClN2O3S/c1-20(2,26-16-7-5-15(21)6-8-16)19(25)23-11-9-22(10-12-23)14-17(24)18-4-3-13-27-18/h3-8,13,17,24H,9-12,14H2,1-2H3/t17-/m0/s1. The van der Waals surface area contributed by atoms with Gasteiger partial charge in [0.2, 0.25) is 0 Å². The van der Waals surface area contributed by atoms with Gasteiger partial charge in [0, 0.05) is 42.6 Å². The molecule has 1 aromatic heterocycles. The molecule has 2 aromatic rings. The van der Waals surface area contributed by atoms with Crippen molar-refractivity contribution < 1.29 is 14.6 Å². The molecule has 1 aliphatic heterocycles. The van der Waals surface area contributed by atoms with Crippen LogP contribution >= 0.6 is 22.9 Å². The van der Waals surface area contributed by atoms with Crippen LogP contribution in [0.1, 0.15) is 24.8 Å². The molecule has 1 amide bonds. The number of rotatable bonds is 6. The Balaban J connectivity index is 1.52. The lowest BCUT2D eigenvalue weighted by Gasteiger charge is -2.39. The molecule has 5 nitrogen and oxygen atoms in total. The van der Waals surface area contributed by atoms with Gasteiger partial charge in [-0.3, -0.25) is 9.69 Å². The number of aliphatic hydroxyl groups excluding tert-OH is 1. The smallest absolute Gasteiger partial charge is 0.266 e. The Kier molecular flexibility index (Phi) is 6.42. The first-order chi connectivity index (χ1) is 12.8. The molecule has 27 heavy (non-hydrogen) atoms. The summed E-state index contributed by atoms with van der Waals surface area (Å²) in [5, 5.41) is 12.9. The number of aliphatic hydroxyl groups is 1. The molecule has 0 aliphatic carbocycles. The second-order valence-corrected chi connectivity index (χ2v) is 8.61. The molecule has 1 aliphatic rings. The van der Waals surface area contributed by atoms with Crippen molar-refractivity contribution in [2.24, 2.45) is 0 Å². The van der Waals surface area contributed by atoms with Crippen molar-refractivity contribution in [3.8, 4) is 5.75 Å². The van der Waals surface area contributed by atoms with Gasteiger partial charge in [-0.05, 0) is 49.6 Å². The van der Waals surface area contributed by atoms with Gasteiger partial charge in [0.05, 0.1) is 0 Å². The summed E-state index contributed by atoms with van der Waals surface area (Å²) in [5.74, 6) is 0.589. The number of amides is 1. The summed E-state index contributed by atoms with van der Waals surface area (Å²) >= 11 is 7.46. The Morgan fingerprint density at radius 3 is 2.48 bits per heavy atom. The number of ether oxygens (including phenoxy) is 1. The third-order valence-corrected chi connectivity index (χ3v) is 5.89. The number of hydrogen-bond donors (Lipinski definition) is 1. The van der Waals surface area contributed by atoms with E-state index in [4.69, 9.17) is 16.3 Å². The Bertz CT molecular complexity index is 741. The predicted molar refractivity (Wildman–Crippen MR) is 108 cm³/mol. The Labute approximate surface area is 169 Å². The zero-order chi connectivity index (χ0) is 19.4. The van der Waals surface area contributed by atoms with Gasteiger partial charge >= 0.3 is 0 Å². The number of hydrogen-bond acceptors (Lipinski definition) is 5. The van der Waals surface area contributed by atoms with E-state index in [1.807, 2.05) is 22.4 Å². The van der Waals surface area contributed by atoms with Gasteiger partial charge < -0.3 is 14.7 Å². The highest BCUT2D eigenvalue weighted by Crippen LogP contribution is 2.24. The maximum absolute atomic E-state index is 12.9. The van der Waals surface area contributed by atoms with Crippen LogP contribution in [0.4, 0.5) is 0 Å². The molecule has 1 N–H and O–H groups in total. The second-order valence-electron chi connectivity index (χ2n) is 7.19. The molecule has 0 radical (unpaired) electrons. The molecule has 0 bridgehead atoms. The number of β-amino-alcohol motifs (C(OH)–C–C–N with tert-alkyl or cyclic N) is 1. The Hall–Kier alpha value is -1.60. The lowest BCUT2D eigenvalue weighted by molar-refractivity contribution is -0.147. The van der Waals surface area contributed by atoms with Gasteiger partial charge in [-0.25, -0.2) is 0 Å². The minimum atomic E-state index is -0.952. The summed E-state index contributed by atoms with van der Waals surface area (Å²) in [7, 11) is 0. The van der Waals surface area contributed by atoms with Gasteiger partial charge in [-0.2, -0.15) is 0 Å². The van der Waals surface area contributed by atoms with Gasteiger partial charge in [0.15, 0.2) is 5.60 Å². The lowest BCUT2D eigenvalue weighted by atomic mass is 10.1. The maximum Gasteiger partial charge on any atom is 0.266 e. The lowest BCUT2D eigenvalue weighted by Crippen LogP contribution is -2.56. The third kappa shape index (κ3) is 5.23. The van der Waals surface area contributed by atoms with Crippen molar-refractivity contribution in [2.75, 3.05) is 32.7 Å². The molecular weight excluding hydrogens is 384 g/mol. The average molecular weight is 409 g/mol. The van der Waals surface area contributed by atoms with Gasteiger partial charge in [0.25, 0.3) is 5.91 Å². The highest BCUT2D eigenvalue weighted by Gasteiger charge is 2.36. The number of carbonyl (C=O) groups excluding carboxylic acids is 1. The summed E-state index contributed by atoms with van der Waals surface area (Å²) < 4.78 is 5.91. The number of nitrogens with zero attached hydrogens (tertiary/aromatic N) is 2. The Morgan fingerprint density at radius 1 is 1.22 bits per heavy atom. The summed E-state index contributed by atoms with van der Waals surface area (Å²) in [5.41, 5.74) is -0.952. The first kappa shape index (κ1) is 20.1. The Morgan fingerprint density at radius 2 is 1.89 bits per heavy atom. The summed E-state index contributed by atoms with van der Waals surface area (Å²) in [6, 6.07) is 10.9.